The molecule has 0 aliphatic carbocycles. The molecule has 5 heteroatoms. The van der Waals surface area contributed by atoms with Crippen LogP contribution < -0.4 is 0 Å². The Hall–Kier alpha value is -2.56. The van der Waals surface area contributed by atoms with E-state index in [0.29, 0.717) is 0 Å². The number of fused-ring (bicyclic) bond motifs is 1. The van der Waals surface area contributed by atoms with Gasteiger partial charge >= 0.3 is 5.97 Å². The van der Waals surface area contributed by atoms with Crippen molar-refractivity contribution in [2.75, 3.05) is 0 Å². The van der Waals surface area contributed by atoms with Gasteiger partial charge in [-0.25, -0.2) is 9.78 Å². The lowest BCUT2D eigenvalue weighted by Crippen LogP contribution is -2.01. The van der Waals surface area contributed by atoms with Gasteiger partial charge in [-0.3, -0.25) is 0 Å². The summed E-state index contributed by atoms with van der Waals surface area (Å²) in [6.07, 6.45) is 3.40. The summed E-state index contributed by atoms with van der Waals surface area (Å²) >= 11 is 0. The van der Waals surface area contributed by atoms with Gasteiger partial charge in [0, 0.05) is 28.7 Å². The highest BCUT2D eigenvalue weighted by Crippen LogP contribution is 2.25. The minimum absolute atomic E-state index is 0.0537. The van der Waals surface area contributed by atoms with Gasteiger partial charge in [0.25, 0.3) is 0 Å². The first-order valence-corrected chi connectivity index (χ1v) is 5.51. The molecule has 2 N–H and O–H groups in total. The van der Waals surface area contributed by atoms with Gasteiger partial charge in [-0.15, -0.1) is 0 Å². The van der Waals surface area contributed by atoms with Gasteiger partial charge in [-0.1, -0.05) is 0 Å². The summed E-state index contributed by atoms with van der Waals surface area (Å²) in [5.41, 5.74) is 3.96. The molecule has 0 aliphatic heterocycles. The molecule has 0 aliphatic rings. The van der Waals surface area contributed by atoms with Crippen molar-refractivity contribution in [3.63, 3.8) is 0 Å². The lowest BCUT2D eigenvalue weighted by atomic mass is 10.2. The highest BCUT2D eigenvalue weighted by Gasteiger charge is 2.11. The number of H-pyrrole nitrogens is 1. The van der Waals surface area contributed by atoms with Crippen LogP contribution in [0.15, 0.2) is 36.8 Å². The maximum Gasteiger partial charge on any atom is 0.354 e. The number of hydrogen-bond acceptors (Lipinski definition) is 2. The predicted octanol–water partition coefficient (Wildman–Crippen LogP) is 2.34. The number of nitrogens with one attached hydrogen (secondary N) is 1. The summed E-state index contributed by atoms with van der Waals surface area (Å²) in [5, 5.41) is 8.93. The number of aromatic carboxylic acids is 1. The van der Waals surface area contributed by atoms with Crippen molar-refractivity contribution < 1.29 is 9.90 Å². The largest absolute Gasteiger partial charge is 0.477 e. The summed E-state index contributed by atoms with van der Waals surface area (Å²) in [4.78, 5) is 17.9. The van der Waals surface area contributed by atoms with Crippen LogP contribution in [0.25, 0.3) is 16.8 Å². The molecule has 0 fully saturated rings. The average molecular weight is 241 g/mol. The van der Waals surface area contributed by atoms with Crippen molar-refractivity contribution in [2.24, 2.45) is 0 Å². The van der Waals surface area contributed by atoms with E-state index in [4.69, 9.17) is 5.11 Å². The molecule has 0 spiro atoms. The fourth-order valence-corrected chi connectivity index (χ4v) is 2.09. The molecule has 0 unspecified atom stereocenters. The zero-order valence-corrected chi connectivity index (χ0v) is 9.71. The molecule has 5 nitrogen and oxygen atoms in total. The number of aryl methyl sites for hydroxylation is 1. The summed E-state index contributed by atoms with van der Waals surface area (Å²) in [6, 6.07) is 7.43. The molecule has 90 valence electrons. The second-order valence-electron chi connectivity index (χ2n) is 4.10. The lowest BCUT2D eigenvalue weighted by Gasteiger charge is -1.99. The Morgan fingerprint density at radius 1 is 1.44 bits per heavy atom. The van der Waals surface area contributed by atoms with Crippen molar-refractivity contribution in [3.05, 3.63) is 48.2 Å². The molecule has 0 atom stereocenters. The van der Waals surface area contributed by atoms with Crippen LogP contribution in [0.3, 0.4) is 0 Å². The third kappa shape index (κ3) is 1.48. The predicted molar refractivity (Wildman–Crippen MR) is 66.7 cm³/mol. The van der Waals surface area contributed by atoms with Crippen LogP contribution in [-0.4, -0.2) is 25.4 Å². The van der Waals surface area contributed by atoms with E-state index in [1.165, 1.54) is 0 Å². The molecular weight excluding hydrogens is 230 g/mol. The lowest BCUT2D eigenvalue weighted by molar-refractivity contribution is 0.0690. The Kier molecular flexibility index (Phi) is 2.19. The Labute approximate surface area is 103 Å². The fourth-order valence-electron chi connectivity index (χ4n) is 2.09. The molecule has 0 radical (unpaired) electrons. The number of rotatable bonds is 2. The van der Waals surface area contributed by atoms with Crippen LogP contribution in [0, 0.1) is 6.92 Å². The van der Waals surface area contributed by atoms with Crippen LogP contribution in [0.5, 0.6) is 0 Å². The van der Waals surface area contributed by atoms with Crippen molar-refractivity contribution in [3.8, 4) is 11.3 Å². The highest BCUT2D eigenvalue weighted by molar-refractivity contribution is 5.87. The first kappa shape index (κ1) is 10.6. The normalized spacial score (nSPS) is 10.9. The molecule has 3 heterocycles. The number of hydrogen-bond donors (Lipinski definition) is 2. The van der Waals surface area contributed by atoms with Crippen molar-refractivity contribution in [1.29, 1.82) is 0 Å². The second kappa shape index (κ2) is 3.73. The van der Waals surface area contributed by atoms with Gasteiger partial charge in [0.2, 0.25) is 0 Å². The fraction of sp³-hybridized carbons (Fsp3) is 0.0769. The van der Waals surface area contributed by atoms with E-state index >= 15 is 0 Å². The number of carbonyl (C=O) groups is 1. The third-order valence-electron chi connectivity index (χ3n) is 3.03. The van der Waals surface area contributed by atoms with Crippen LogP contribution in [0.4, 0.5) is 0 Å². The topological polar surface area (TPSA) is 70.4 Å². The third-order valence-corrected chi connectivity index (χ3v) is 3.03. The van der Waals surface area contributed by atoms with Gasteiger partial charge in [0.05, 0.1) is 0 Å². The molecule has 0 saturated heterocycles. The monoisotopic (exact) mass is 241 g/mol. The Morgan fingerprint density at radius 2 is 2.28 bits per heavy atom. The molecular formula is C13H11N3O2. The molecule has 0 bridgehead atoms. The zero-order valence-electron chi connectivity index (χ0n) is 9.71. The van der Waals surface area contributed by atoms with E-state index in [-0.39, 0.29) is 5.69 Å². The quantitative estimate of drug-likeness (QED) is 0.723. The molecule has 0 amide bonds. The summed E-state index contributed by atoms with van der Waals surface area (Å²) in [7, 11) is 0. The van der Waals surface area contributed by atoms with Gasteiger partial charge in [0.1, 0.15) is 6.33 Å². The van der Waals surface area contributed by atoms with Gasteiger partial charge < -0.3 is 14.5 Å². The van der Waals surface area contributed by atoms with Crippen molar-refractivity contribution in [2.45, 2.75) is 6.92 Å². The zero-order chi connectivity index (χ0) is 12.7. The number of aromatic nitrogens is 3. The smallest absolute Gasteiger partial charge is 0.354 e. The highest BCUT2D eigenvalue weighted by atomic mass is 16.4. The van der Waals surface area contributed by atoms with E-state index in [1.807, 2.05) is 35.7 Å². The Bertz CT molecular complexity index is 726. The Morgan fingerprint density at radius 3 is 2.94 bits per heavy atom. The number of aromatic amines is 1. The van der Waals surface area contributed by atoms with Crippen LogP contribution >= 0.6 is 0 Å². The number of carboxylic acid groups (broad SMARTS) is 1. The van der Waals surface area contributed by atoms with Crippen LogP contribution in [0.1, 0.15) is 16.2 Å². The summed E-state index contributed by atoms with van der Waals surface area (Å²) in [6.45, 7) is 1.98. The van der Waals surface area contributed by atoms with Gasteiger partial charge in [-0.05, 0) is 31.2 Å². The van der Waals surface area contributed by atoms with Gasteiger partial charge in [-0.2, -0.15) is 0 Å². The second-order valence-corrected chi connectivity index (χ2v) is 4.10. The van der Waals surface area contributed by atoms with E-state index in [1.54, 1.807) is 12.4 Å². The number of nitrogens with zero attached hydrogens (tertiary/aromatic N) is 2. The first-order valence-electron chi connectivity index (χ1n) is 5.51. The average Bonchev–Trinajstić information content (AvgIpc) is 2.97. The van der Waals surface area contributed by atoms with E-state index < -0.39 is 5.97 Å². The van der Waals surface area contributed by atoms with Gasteiger partial charge in [0.15, 0.2) is 5.69 Å². The summed E-state index contributed by atoms with van der Waals surface area (Å²) < 4.78 is 1.88. The molecule has 0 saturated carbocycles. The maximum atomic E-state index is 10.9. The number of carboxylic acids is 1. The molecule has 3 aromatic heterocycles. The minimum Gasteiger partial charge on any atom is -0.477 e. The van der Waals surface area contributed by atoms with E-state index in [2.05, 4.69) is 9.97 Å². The first-order chi connectivity index (χ1) is 8.66. The van der Waals surface area contributed by atoms with Crippen LogP contribution in [0.2, 0.25) is 0 Å². The molecule has 3 rings (SSSR count). The maximum absolute atomic E-state index is 10.9. The molecule has 3 aromatic rings. The minimum atomic E-state index is -1.02. The standard InChI is InChI=1S/C13H11N3O2/c1-8-10(11-3-2-4-14-11)5-9-6-12(13(17)18)15-7-16(8)9/h2-7,14H,1H3,(H,17,18). The molecule has 18 heavy (non-hydrogen) atoms. The SMILES string of the molecule is Cc1c(-c2ccc[nH]2)cc2cc(C(=O)O)ncn12. The van der Waals surface area contributed by atoms with E-state index in [0.717, 1.165) is 22.5 Å². The van der Waals surface area contributed by atoms with Crippen molar-refractivity contribution >= 4 is 11.5 Å². The summed E-state index contributed by atoms with van der Waals surface area (Å²) in [5.74, 6) is -1.02. The van der Waals surface area contributed by atoms with Crippen molar-refractivity contribution in [1.82, 2.24) is 14.4 Å². The Balaban J connectivity index is 2.25. The molecule has 0 aromatic carbocycles. The van der Waals surface area contributed by atoms with E-state index in [9.17, 15) is 4.79 Å². The van der Waals surface area contributed by atoms with Crippen LogP contribution in [-0.2, 0) is 0 Å².